The molecule has 0 saturated heterocycles. The number of isocyanates is 1. The molecule has 2 aromatic rings. The van der Waals surface area contributed by atoms with E-state index in [0.29, 0.717) is 23.2 Å². The molecule has 0 unspecified atom stereocenters. The summed E-state index contributed by atoms with van der Waals surface area (Å²) in [6.45, 7) is 1.69. The van der Waals surface area contributed by atoms with Crippen molar-refractivity contribution in [3.63, 3.8) is 0 Å². The zero-order valence-electron chi connectivity index (χ0n) is 11.1. The first-order valence-corrected chi connectivity index (χ1v) is 6.28. The van der Waals surface area contributed by atoms with Gasteiger partial charge in [-0.05, 0) is 36.8 Å². The van der Waals surface area contributed by atoms with Gasteiger partial charge in [0.2, 0.25) is 12.0 Å². The molecule has 0 aliphatic heterocycles. The molecule has 114 valence electrons. The maximum Gasteiger partial charge on any atom is 0.417 e. The number of alkyl halides is 3. The zero-order valence-corrected chi connectivity index (χ0v) is 11.9. The van der Waals surface area contributed by atoms with Gasteiger partial charge in [0.1, 0.15) is 10.8 Å². The number of aryl methyl sites for hydroxylation is 1. The molecular weight excluding hydrogens is 321 g/mol. The summed E-state index contributed by atoms with van der Waals surface area (Å²) in [7, 11) is 0. The summed E-state index contributed by atoms with van der Waals surface area (Å²) in [5, 5.41) is -0.262. The summed E-state index contributed by atoms with van der Waals surface area (Å²) in [4.78, 5) is 17.3. The third-order valence-electron chi connectivity index (χ3n) is 2.68. The number of rotatable bonds is 3. The summed E-state index contributed by atoms with van der Waals surface area (Å²) in [5.74, 6) is 0.150. The molecule has 0 fully saturated rings. The monoisotopic (exact) mass is 328 g/mol. The highest BCUT2D eigenvalue weighted by Gasteiger charge is 2.31. The standard InChI is InChI=1S/C14H8ClF3N2O2/c1-8-4-10(2-3-12(8)20-7-21)22-13-11(15)5-9(6-19-13)14(16,17)18/h2-6H,1H3. The quantitative estimate of drug-likeness (QED) is 0.599. The van der Waals surface area contributed by atoms with Crippen LogP contribution in [0.3, 0.4) is 0 Å². The fourth-order valence-corrected chi connectivity index (χ4v) is 1.84. The summed E-state index contributed by atoms with van der Waals surface area (Å²) in [6.07, 6.45) is -2.47. The molecule has 22 heavy (non-hydrogen) atoms. The van der Waals surface area contributed by atoms with Crippen molar-refractivity contribution in [2.24, 2.45) is 4.99 Å². The molecule has 0 aliphatic carbocycles. The van der Waals surface area contributed by atoms with Gasteiger partial charge in [-0.3, -0.25) is 0 Å². The summed E-state index contributed by atoms with van der Waals surface area (Å²) in [6, 6.07) is 5.28. The maximum atomic E-state index is 12.5. The van der Waals surface area contributed by atoms with Crippen LogP contribution in [-0.4, -0.2) is 11.1 Å². The SMILES string of the molecule is Cc1cc(Oc2ncc(C(F)(F)F)cc2Cl)ccc1N=C=O. The first-order valence-electron chi connectivity index (χ1n) is 5.90. The van der Waals surface area contributed by atoms with Gasteiger partial charge in [-0.1, -0.05) is 11.6 Å². The van der Waals surface area contributed by atoms with Crippen molar-refractivity contribution in [3.8, 4) is 11.6 Å². The number of benzene rings is 1. The summed E-state index contributed by atoms with van der Waals surface area (Å²) in [5.41, 5.74) is 0.0782. The van der Waals surface area contributed by atoms with Gasteiger partial charge >= 0.3 is 6.18 Å². The van der Waals surface area contributed by atoms with Crippen molar-refractivity contribution in [2.75, 3.05) is 0 Å². The van der Waals surface area contributed by atoms with E-state index in [1.54, 1.807) is 13.0 Å². The summed E-state index contributed by atoms with van der Waals surface area (Å²) >= 11 is 5.75. The highest BCUT2D eigenvalue weighted by Crippen LogP contribution is 2.35. The van der Waals surface area contributed by atoms with Crippen LogP contribution in [0, 0.1) is 6.92 Å². The molecule has 2 rings (SSSR count). The van der Waals surface area contributed by atoms with Crippen molar-refractivity contribution in [3.05, 3.63) is 46.6 Å². The Balaban J connectivity index is 2.28. The van der Waals surface area contributed by atoms with Crippen LogP contribution in [-0.2, 0) is 11.0 Å². The van der Waals surface area contributed by atoms with E-state index in [2.05, 4.69) is 9.98 Å². The molecular formula is C14H8ClF3N2O2. The van der Waals surface area contributed by atoms with Gasteiger partial charge in [0.15, 0.2) is 0 Å². The van der Waals surface area contributed by atoms with Crippen molar-refractivity contribution in [1.29, 1.82) is 0 Å². The van der Waals surface area contributed by atoms with Crippen molar-refractivity contribution in [2.45, 2.75) is 13.1 Å². The van der Waals surface area contributed by atoms with Crippen molar-refractivity contribution < 1.29 is 22.7 Å². The highest BCUT2D eigenvalue weighted by molar-refractivity contribution is 6.31. The van der Waals surface area contributed by atoms with Gasteiger partial charge in [0.05, 0.1) is 11.3 Å². The third kappa shape index (κ3) is 3.63. The number of carbonyl (C=O) groups excluding carboxylic acids is 1. The zero-order chi connectivity index (χ0) is 16.3. The molecule has 0 N–H and O–H groups in total. The van der Waals surface area contributed by atoms with E-state index in [0.717, 1.165) is 6.07 Å². The number of hydrogen-bond donors (Lipinski definition) is 0. The molecule has 1 heterocycles. The lowest BCUT2D eigenvalue weighted by Gasteiger charge is -2.10. The molecule has 8 heteroatoms. The largest absolute Gasteiger partial charge is 0.438 e. The first-order chi connectivity index (χ1) is 10.3. The molecule has 0 saturated carbocycles. The van der Waals surface area contributed by atoms with Crippen molar-refractivity contribution >= 4 is 23.4 Å². The summed E-state index contributed by atoms with van der Waals surface area (Å²) < 4.78 is 42.9. The first kappa shape index (κ1) is 16.0. The van der Waals surface area contributed by atoms with Gasteiger partial charge in [0, 0.05) is 6.20 Å². The number of ether oxygens (including phenoxy) is 1. The molecule has 4 nitrogen and oxygen atoms in total. The lowest BCUT2D eigenvalue weighted by molar-refractivity contribution is -0.137. The molecule has 0 bridgehead atoms. The van der Waals surface area contributed by atoms with E-state index in [9.17, 15) is 18.0 Å². The van der Waals surface area contributed by atoms with E-state index in [1.165, 1.54) is 18.2 Å². The van der Waals surface area contributed by atoms with Crippen LogP contribution in [0.1, 0.15) is 11.1 Å². The van der Waals surface area contributed by atoms with Crippen molar-refractivity contribution in [1.82, 2.24) is 4.98 Å². The second kappa shape index (κ2) is 6.17. The Labute approximate surface area is 128 Å². The number of aliphatic imine (C=N–C) groups is 1. The maximum absolute atomic E-state index is 12.5. The number of halogens is 4. The number of nitrogens with zero attached hydrogens (tertiary/aromatic N) is 2. The second-order valence-electron chi connectivity index (χ2n) is 4.26. The predicted molar refractivity (Wildman–Crippen MR) is 73.3 cm³/mol. The Morgan fingerprint density at radius 3 is 2.59 bits per heavy atom. The fraction of sp³-hybridized carbons (Fsp3) is 0.143. The van der Waals surface area contributed by atoms with Gasteiger partial charge in [-0.15, -0.1) is 0 Å². The van der Waals surface area contributed by atoms with E-state index in [4.69, 9.17) is 16.3 Å². The van der Waals surface area contributed by atoms with Crippen LogP contribution in [0.2, 0.25) is 5.02 Å². The highest BCUT2D eigenvalue weighted by atomic mass is 35.5. The van der Waals surface area contributed by atoms with Crippen LogP contribution >= 0.6 is 11.6 Å². The van der Waals surface area contributed by atoms with E-state index in [1.807, 2.05) is 0 Å². The normalized spacial score (nSPS) is 11.0. The molecule has 0 atom stereocenters. The van der Waals surface area contributed by atoms with Gasteiger partial charge < -0.3 is 4.74 Å². The molecule has 0 spiro atoms. The average molecular weight is 329 g/mol. The number of pyridine rings is 1. The number of aromatic nitrogens is 1. The van der Waals surface area contributed by atoms with Crippen LogP contribution in [0.4, 0.5) is 18.9 Å². The lowest BCUT2D eigenvalue weighted by Crippen LogP contribution is -2.05. The minimum absolute atomic E-state index is 0.152. The van der Waals surface area contributed by atoms with Gasteiger partial charge in [-0.25, -0.2) is 9.78 Å². The molecule has 1 aromatic carbocycles. The Morgan fingerprint density at radius 2 is 2.05 bits per heavy atom. The van der Waals surface area contributed by atoms with Crippen LogP contribution in [0.15, 0.2) is 35.5 Å². The van der Waals surface area contributed by atoms with Crippen LogP contribution < -0.4 is 4.74 Å². The Bertz CT molecular complexity index is 756. The van der Waals surface area contributed by atoms with Gasteiger partial charge in [-0.2, -0.15) is 18.2 Å². The molecule has 0 amide bonds. The van der Waals surface area contributed by atoms with E-state index < -0.39 is 11.7 Å². The molecule has 0 aliphatic rings. The fourth-order valence-electron chi connectivity index (χ4n) is 1.63. The predicted octanol–water partition coefficient (Wildman–Crippen LogP) is 4.82. The Morgan fingerprint density at radius 1 is 1.32 bits per heavy atom. The third-order valence-corrected chi connectivity index (χ3v) is 2.95. The number of hydrogen-bond acceptors (Lipinski definition) is 4. The smallest absolute Gasteiger partial charge is 0.417 e. The minimum Gasteiger partial charge on any atom is -0.438 e. The van der Waals surface area contributed by atoms with Crippen LogP contribution in [0.25, 0.3) is 0 Å². The Hall–Kier alpha value is -2.37. The van der Waals surface area contributed by atoms with E-state index >= 15 is 0 Å². The second-order valence-corrected chi connectivity index (χ2v) is 4.67. The lowest BCUT2D eigenvalue weighted by atomic mass is 10.2. The topological polar surface area (TPSA) is 51.6 Å². The Kier molecular flexibility index (Phi) is 4.49. The van der Waals surface area contributed by atoms with Gasteiger partial charge in [0.25, 0.3) is 0 Å². The molecule has 1 aromatic heterocycles. The minimum atomic E-state index is -4.53. The average Bonchev–Trinajstić information content (AvgIpc) is 2.43. The molecule has 0 radical (unpaired) electrons. The van der Waals surface area contributed by atoms with E-state index in [-0.39, 0.29) is 10.9 Å². The van der Waals surface area contributed by atoms with Crippen LogP contribution in [0.5, 0.6) is 11.6 Å².